The maximum absolute atomic E-state index is 9.67. The zero-order chi connectivity index (χ0) is 12.3. The van der Waals surface area contributed by atoms with E-state index in [9.17, 15) is 5.11 Å². The fourth-order valence-corrected chi connectivity index (χ4v) is 1.45. The molecule has 88 valence electrons. The van der Waals surface area contributed by atoms with Crippen molar-refractivity contribution in [3.8, 4) is 0 Å². The predicted octanol–water partition coefficient (Wildman–Crippen LogP) is 2.07. The van der Waals surface area contributed by atoms with Gasteiger partial charge in [0, 0.05) is 12.3 Å². The lowest BCUT2D eigenvalue weighted by atomic mass is 10.2. The van der Waals surface area contributed by atoms with E-state index in [-0.39, 0.29) is 11.9 Å². The van der Waals surface area contributed by atoms with Crippen molar-refractivity contribution in [3.63, 3.8) is 0 Å². The van der Waals surface area contributed by atoms with Crippen molar-refractivity contribution in [3.05, 3.63) is 35.9 Å². The third kappa shape index (κ3) is 2.69. The Kier molecular flexibility index (Phi) is 3.18. The van der Waals surface area contributed by atoms with Gasteiger partial charge in [0.1, 0.15) is 18.3 Å². The van der Waals surface area contributed by atoms with Crippen LogP contribution in [0.2, 0.25) is 0 Å². The number of nitrogens with zero attached hydrogens (tertiary/aromatic N) is 3. The van der Waals surface area contributed by atoms with Crippen LogP contribution in [0, 0.1) is 6.92 Å². The molecule has 1 aliphatic heterocycles. The van der Waals surface area contributed by atoms with Crippen LogP contribution in [0.3, 0.4) is 0 Å². The topological polar surface area (TPSA) is 69.9 Å². The average Bonchev–Trinajstić information content (AvgIpc) is 2.45. The molecule has 0 bridgehead atoms. The molecule has 2 heterocycles. The summed E-state index contributed by atoms with van der Waals surface area (Å²) in [6, 6.07) is 3.77. The first-order valence-electron chi connectivity index (χ1n) is 5.32. The second kappa shape index (κ2) is 4.78. The van der Waals surface area contributed by atoms with Gasteiger partial charge in [-0.25, -0.2) is 9.98 Å². The number of allylic oxidation sites excluding steroid dienone is 1. The van der Waals surface area contributed by atoms with E-state index >= 15 is 0 Å². The van der Waals surface area contributed by atoms with Gasteiger partial charge in [0.15, 0.2) is 0 Å². The van der Waals surface area contributed by atoms with E-state index in [1.54, 1.807) is 19.2 Å². The first kappa shape index (κ1) is 11.3. The molecular weight excluding hydrogens is 216 g/mol. The molecule has 1 aromatic rings. The van der Waals surface area contributed by atoms with Gasteiger partial charge in [-0.3, -0.25) is 4.98 Å². The maximum Gasteiger partial charge on any atom is 0.143 e. The van der Waals surface area contributed by atoms with E-state index in [1.165, 1.54) is 6.34 Å². The molecule has 0 amide bonds. The van der Waals surface area contributed by atoms with Crippen molar-refractivity contribution in [2.45, 2.75) is 20.0 Å². The maximum atomic E-state index is 9.67. The zero-order valence-electron chi connectivity index (χ0n) is 9.75. The number of aromatic nitrogens is 1. The highest BCUT2D eigenvalue weighted by Crippen LogP contribution is 2.14. The van der Waals surface area contributed by atoms with E-state index in [0.29, 0.717) is 5.71 Å². The molecule has 5 heteroatoms. The quantitative estimate of drug-likeness (QED) is 0.817. The van der Waals surface area contributed by atoms with Gasteiger partial charge in [0.05, 0.1) is 17.1 Å². The van der Waals surface area contributed by atoms with E-state index in [1.807, 2.05) is 19.1 Å². The summed E-state index contributed by atoms with van der Waals surface area (Å²) in [6.07, 6.45) is 4.46. The minimum Gasteiger partial charge on any atom is -0.506 e. The number of rotatable bonds is 2. The van der Waals surface area contributed by atoms with Gasteiger partial charge < -0.3 is 10.4 Å². The van der Waals surface area contributed by atoms with Gasteiger partial charge in [0.25, 0.3) is 0 Å². The molecule has 1 aliphatic rings. The van der Waals surface area contributed by atoms with E-state index in [2.05, 4.69) is 20.3 Å². The highest BCUT2D eigenvalue weighted by molar-refractivity contribution is 6.00. The Morgan fingerprint density at radius 1 is 1.35 bits per heavy atom. The fraction of sp³-hybridized carbons (Fsp3) is 0.250. The lowest BCUT2D eigenvalue weighted by Crippen LogP contribution is -2.16. The molecule has 2 N–H and O–H groups in total. The normalized spacial score (nSPS) is 19.3. The SMILES string of the molecule is CC1=NC=NC(Nc2cccnc2C)C=C1O. The van der Waals surface area contributed by atoms with Crippen LogP contribution in [0.25, 0.3) is 0 Å². The average molecular weight is 230 g/mol. The summed E-state index contributed by atoms with van der Waals surface area (Å²) in [5, 5.41) is 12.8. The summed E-state index contributed by atoms with van der Waals surface area (Å²) in [4.78, 5) is 12.3. The molecule has 17 heavy (non-hydrogen) atoms. The second-order valence-electron chi connectivity index (χ2n) is 3.76. The number of aliphatic imine (C=N–C) groups is 2. The molecule has 0 saturated carbocycles. The number of pyridine rings is 1. The molecule has 1 aromatic heterocycles. The van der Waals surface area contributed by atoms with Crippen molar-refractivity contribution >= 4 is 17.7 Å². The van der Waals surface area contributed by atoms with Crippen molar-refractivity contribution in [2.75, 3.05) is 5.32 Å². The van der Waals surface area contributed by atoms with Crippen LogP contribution in [-0.2, 0) is 0 Å². The molecule has 0 aromatic carbocycles. The summed E-state index contributed by atoms with van der Waals surface area (Å²) in [5.74, 6) is 0.140. The Bertz CT molecular complexity index is 505. The van der Waals surface area contributed by atoms with Gasteiger partial charge in [-0.05, 0) is 26.0 Å². The van der Waals surface area contributed by atoms with Gasteiger partial charge in [-0.2, -0.15) is 0 Å². The molecule has 1 unspecified atom stereocenters. The Hall–Kier alpha value is -2.17. The van der Waals surface area contributed by atoms with Crippen molar-refractivity contribution in [1.29, 1.82) is 0 Å². The van der Waals surface area contributed by atoms with Crippen LogP contribution in [-0.4, -0.2) is 28.3 Å². The van der Waals surface area contributed by atoms with Crippen molar-refractivity contribution in [1.82, 2.24) is 4.98 Å². The minimum absolute atomic E-state index is 0.140. The molecule has 0 aliphatic carbocycles. The lowest BCUT2D eigenvalue weighted by Gasteiger charge is -2.12. The Morgan fingerprint density at radius 2 is 2.18 bits per heavy atom. The van der Waals surface area contributed by atoms with E-state index in [4.69, 9.17) is 0 Å². The number of hydrogen-bond acceptors (Lipinski definition) is 5. The number of aryl methyl sites for hydroxylation is 1. The second-order valence-corrected chi connectivity index (χ2v) is 3.76. The first-order valence-corrected chi connectivity index (χ1v) is 5.32. The molecule has 0 saturated heterocycles. The summed E-state index contributed by atoms with van der Waals surface area (Å²) >= 11 is 0. The minimum atomic E-state index is -0.334. The van der Waals surface area contributed by atoms with Crippen LogP contribution in [0.1, 0.15) is 12.6 Å². The molecule has 5 nitrogen and oxygen atoms in total. The standard InChI is InChI=1S/C12H14N4O/c1-8-10(4-3-5-13-8)16-12-6-11(17)9(2)14-7-15-12/h3-7,12,16-17H,1-2H3. The number of aliphatic hydroxyl groups is 1. The van der Waals surface area contributed by atoms with Crippen LogP contribution in [0.15, 0.2) is 40.1 Å². The summed E-state index contributed by atoms with van der Waals surface area (Å²) in [6.45, 7) is 3.64. The highest BCUT2D eigenvalue weighted by Gasteiger charge is 2.10. The Morgan fingerprint density at radius 3 is 2.94 bits per heavy atom. The number of anilines is 1. The Balaban J connectivity index is 2.19. The Labute approximate surface area is 99.6 Å². The summed E-state index contributed by atoms with van der Waals surface area (Å²) in [7, 11) is 0. The molecule has 0 fully saturated rings. The largest absolute Gasteiger partial charge is 0.506 e. The molecule has 2 rings (SSSR count). The third-order valence-electron chi connectivity index (χ3n) is 2.48. The van der Waals surface area contributed by atoms with Crippen LogP contribution in [0.4, 0.5) is 5.69 Å². The zero-order valence-corrected chi connectivity index (χ0v) is 9.75. The van der Waals surface area contributed by atoms with E-state index in [0.717, 1.165) is 11.4 Å². The van der Waals surface area contributed by atoms with Gasteiger partial charge in [0.2, 0.25) is 0 Å². The van der Waals surface area contributed by atoms with Crippen molar-refractivity contribution in [2.24, 2.45) is 9.98 Å². The van der Waals surface area contributed by atoms with Gasteiger partial charge >= 0.3 is 0 Å². The van der Waals surface area contributed by atoms with Crippen LogP contribution >= 0.6 is 0 Å². The summed E-state index contributed by atoms with van der Waals surface area (Å²) in [5.41, 5.74) is 2.33. The molecule has 1 atom stereocenters. The van der Waals surface area contributed by atoms with Crippen LogP contribution < -0.4 is 5.32 Å². The number of aliphatic hydroxyl groups excluding tert-OH is 1. The number of hydrogen-bond donors (Lipinski definition) is 2. The lowest BCUT2D eigenvalue weighted by molar-refractivity contribution is 0.439. The highest BCUT2D eigenvalue weighted by atomic mass is 16.3. The molecule has 0 radical (unpaired) electrons. The van der Waals surface area contributed by atoms with Gasteiger partial charge in [-0.15, -0.1) is 0 Å². The monoisotopic (exact) mass is 230 g/mol. The number of nitrogens with one attached hydrogen (secondary N) is 1. The van der Waals surface area contributed by atoms with Crippen LogP contribution in [0.5, 0.6) is 0 Å². The third-order valence-corrected chi connectivity index (χ3v) is 2.48. The molecule has 0 spiro atoms. The smallest absolute Gasteiger partial charge is 0.143 e. The van der Waals surface area contributed by atoms with Crippen molar-refractivity contribution < 1.29 is 5.11 Å². The predicted molar refractivity (Wildman–Crippen MR) is 68.7 cm³/mol. The van der Waals surface area contributed by atoms with Gasteiger partial charge in [-0.1, -0.05) is 0 Å². The first-order chi connectivity index (χ1) is 8.16. The molecular formula is C12H14N4O. The summed E-state index contributed by atoms with van der Waals surface area (Å²) < 4.78 is 0. The fourth-order valence-electron chi connectivity index (χ4n) is 1.45. The van der Waals surface area contributed by atoms with E-state index < -0.39 is 0 Å².